The fourth-order valence-electron chi connectivity index (χ4n) is 3.64. The third-order valence-corrected chi connectivity index (χ3v) is 5.07. The van der Waals surface area contributed by atoms with Crippen molar-refractivity contribution >= 4 is 17.4 Å². The fourth-order valence-corrected chi connectivity index (χ4v) is 3.64. The summed E-state index contributed by atoms with van der Waals surface area (Å²) in [5, 5.41) is 14.0. The minimum Gasteiger partial charge on any atom is -0.367 e. The van der Waals surface area contributed by atoms with Gasteiger partial charge in [-0.2, -0.15) is 0 Å². The molecule has 7 nitrogen and oxygen atoms in total. The van der Waals surface area contributed by atoms with Gasteiger partial charge in [-0.25, -0.2) is 4.98 Å². The normalized spacial score (nSPS) is 19.9. The van der Waals surface area contributed by atoms with Gasteiger partial charge >= 0.3 is 0 Å². The third-order valence-electron chi connectivity index (χ3n) is 5.07. The predicted molar refractivity (Wildman–Crippen MR) is 90.7 cm³/mol. The van der Waals surface area contributed by atoms with E-state index in [1.165, 1.54) is 31.5 Å². The number of aromatic nitrogens is 1. The van der Waals surface area contributed by atoms with Crippen molar-refractivity contribution in [2.75, 3.05) is 18.4 Å². The van der Waals surface area contributed by atoms with Crippen molar-refractivity contribution in [2.24, 2.45) is 5.92 Å². The molecule has 1 aliphatic heterocycles. The first kappa shape index (κ1) is 16.7. The van der Waals surface area contributed by atoms with E-state index in [2.05, 4.69) is 10.3 Å². The van der Waals surface area contributed by atoms with Crippen molar-refractivity contribution in [3.63, 3.8) is 0 Å². The van der Waals surface area contributed by atoms with Crippen LogP contribution in [0.25, 0.3) is 0 Å². The molecule has 1 amide bonds. The zero-order valence-corrected chi connectivity index (χ0v) is 13.8. The number of likely N-dealkylation sites (tertiary alicyclic amines) is 1. The lowest BCUT2D eigenvalue weighted by molar-refractivity contribution is -0.385. The van der Waals surface area contributed by atoms with Gasteiger partial charge in [0.15, 0.2) is 0 Å². The topological polar surface area (TPSA) is 88.4 Å². The summed E-state index contributed by atoms with van der Waals surface area (Å²) in [5.74, 6) is 1.22. The van der Waals surface area contributed by atoms with E-state index in [9.17, 15) is 14.9 Å². The molecule has 1 saturated carbocycles. The highest BCUT2D eigenvalue weighted by atomic mass is 16.6. The van der Waals surface area contributed by atoms with Gasteiger partial charge in [0.1, 0.15) is 12.0 Å². The number of anilines is 1. The van der Waals surface area contributed by atoms with Gasteiger partial charge in [-0.1, -0.05) is 19.3 Å². The number of hydrogen-bond acceptors (Lipinski definition) is 5. The van der Waals surface area contributed by atoms with Crippen LogP contribution in [0, 0.1) is 16.0 Å². The number of nitrogens with zero attached hydrogens (tertiary/aromatic N) is 3. The van der Waals surface area contributed by atoms with Crippen molar-refractivity contribution in [2.45, 2.75) is 51.0 Å². The van der Waals surface area contributed by atoms with E-state index in [1.54, 1.807) is 6.07 Å². The number of carbonyl (C=O) groups is 1. The summed E-state index contributed by atoms with van der Waals surface area (Å²) in [6, 6.07) is 3.35. The number of nitro groups is 1. The smallest absolute Gasteiger partial charge is 0.287 e. The van der Waals surface area contributed by atoms with Crippen LogP contribution in [0.2, 0.25) is 0 Å². The molecule has 1 N–H and O–H groups in total. The van der Waals surface area contributed by atoms with Gasteiger partial charge in [-0.05, 0) is 31.7 Å². The van der Waals surface area contributed by atoms with Crippen molar-refractivity contribution < 1.29 is 9.72 Å². The molecule has 0 bridgehead atoms. The Kier molecular flexibility index (Phi) is 5.27. The molecule has 0 atom stereocenters. The molecular weight excluding hydrogens is 308 g/mol. The number of nitrogens with one attached hydrogen (secondary N) is 1. The van der Waals surface area contributed by atoms with E-state index in [1.807, 2.05) is 4.90 Å². The molecule has 1 aromatic heterocycles. The van der Waals surface area contributed by atoms with Crippen LogP contribution in [-0.2, 0) is 4.79 Å². The summed E-state index contributed by atoms with van der Waals surface area (Å²) >= 11 is 0. The molecule has 1 aliphatic carbocycles. The highest BCUT2D eigenvalue weighted by Gasteiger charge is 2.29. The minimum atomic E-state index is -0.452. The number of piperidine rings is 1. The highest BCUT2D eigenvalue weighted by Crippen LogP contribution is 2.27. The first-order valence-corrected chi connectivity index (χ1v) is 8.79. The van der Waals surface area contributed by atoms with Crippen LogP contribution in [0.3, 0.4) is 0 Å². The van der Waals surface area contributed by atoms with Gasteiger partial charge in [0, 0.05) is 31.1 Å². The Hall–Kier alpha value is -2.18. The summed E-state index contributed by atoms with van der Waals surface area (Å²) in [6.07, 6.45) is 8.75. The van der Waals surface area contributed by atoms with Crippen LogP contribution in [0.1, 0.15) is 44.9 Å². The zero-order valence-electron chi connectivity index (χ0n) is 13.8. The van der Waals surface area contributed by atoms with E-state index in [0.29, 0.717) is 11.7 Å². The second-order valence-electron chi connectivity index (χ2n) is 6.74. The summed E-state index contributed by atoms with van der Waals surface area (Å²) in [4.78, 5) is 28.8. The molecule has 1 saturated heterocycles. The first-order chi connectivity index (χ1) is 11.6. The molecular formula is C17H24N4O3. The van der Waals surface area contributed by atoms with Crippen LogP contribution in [0.5, 0.6) is 0 Å². The van der Waals surface area contributed by atoms with E-state index in [-0.39, 0.29) is 17.6 Å². The lowest BCUT2D eigenvalue weighted by Gasteiger charge is -2.35. The minimum absolute atomic E-state index is 0.00607. The maximum absolute atomic E-state index is 12.5. The Bertz CT molecular complexity index is 576. The number of hydrogen-bond donors (Lipinski definition) is 1. The molecule has 2 heterocycles. The van der Waals surface area contributed by atoms with Gasteiger partial charge in [-0.3, -0.25) is 14.9 Å². The van der Waals surface area contributed by atoms with Crippen LogP contribution in [-0.4, -0.2) is 39.8 Å². The Morgan fingerprint density at radius 1 is 1.17 bits per heavy atom. The third kappa shape index (κ3) is 4.01. The van der Waals surface area contributed by atoms with Crippen LogP contribution >= 0.6 is 0 Å². The summed E-state index contributed by atoms with van der Waals surface area (Å²) < 4.78 is 0. The average molecular weight is 332 g/mol. The number of rotatable bonds is 4. The SMILES string of the molecule is O=C(C1CCCCC1)N1CCC(Nc2ccc([N+](=O)[O-])cn2)CC1. The number of amides is 1. The van der Waals surface area contributed by atoms with E-state index in [4.69, 9.17) is 0 Å². The molecule has 3 rings (SSSR count). The number of carbonyl (C=O) groups excluding carboxylic acids is 1. The van der Waals surface area contributed by atoms with Crippen molar-refractivity contribution in [1.82, 2.24) is 9.88 Å². The van der Waals surface area contributed by atoms with Crippen LogP contribution in [0.15, 0.2) is 18.3 Å². The second-order valence-corrected chi connectivity index (χ2v) is 6.74. The van der Waals surface area contributed by atoms with Gasteiger partial charge in [0.05, 0.1) is 4.92 Å². The quantitative estimate of drug-likeness (QED) is 0.676. The molecule has 7 heteroatoms. The fraction of sp³-hybridized carbons (Fsp3) is 0.647. The molecule has 1 aromatic rings. The lowest BCUT2D eigenvalue weighted by Crippen LogP contribution is -2.45. The molecule has 130 valence electrons. The van der Waals surface area contributed by atoms with Crippen molar-refractivity contribution in [3.05, 3.63) is 28.4 Å². The van der Waals surface area contributed by atoms with Gasteiger partial charge < -0.3 is 10.2 Å². The van der Waals surface area contributed by atoms with Crippen molar-refractivity contribution in [1.29, 1.82) is 0 Å². The van der Waals surface area contributed by atoms with Crippen molar-refractivity contribution in [3.8, 4) is 0 Å². The Labute approximate surface area is 141 Å². The van der Waals surface area contributed by atoms with Crippen LogP contribution < -0.4 is 5.32 Å². The largest absolute Gasteiger partial charge is 0.367 e. The lowest BCUT2D eigenvalue weighted by atomic mass is 9.87. The monoisotopic (exact) mass is 332 g/mol. The maximum atomic E-state index is 12.5. The average Bonchev–Trinajstić information content (AvgIpc) is 2.63. The standard InChI is InChI=1S/C17H24N4O3/c22-17(13-4-2-1-3-5-13)20-10-8-14(9-11-20)19-16-7-6-15(12-18-16)21(23)24/h6-7,12-14H,1-5,8-11H2,(H,18,19). The molecule has 0 spiro atoms. The molecule has 0 radical (unpaired) electrons. The predicted octanol–water partition coefficient (Wildman–Crippen LogP) is 2.97. The van der Waals surface area contributed by atoms with Gasteiger partial charge in [0.25, 0.3) is 5.69 Å². The summed E-state index contributed by atoms with van der Waals surface area (Å²) in [7, 11) is 0. The van der Waals surface area contributed by atoms with Gasteiger partial charge in [-0.15, -0.1) is 0 Å². The molecule has 2 fully saturated rings. The summed E-state index contributed by atoms with van der Waals surface area (Å²) in [6.45, 7) is 1.56. The van der Waals surface area contributed by atoms with E-state index < -0.39 is 4.92 Å². The molecule has 0 unspecified atom stereocenters. The highest BCUT2D eigenvalue weighted by molar-refractivity contribution is 5.79. The second kappa shape index (κ2) is 7.59. The van der Waals surface area contributed by atoms with Gasteiger partial charge in [0.2, 0.25) is 5.91 Å². The number of pyridine rings is 1. The van der Waals surface area contributed by atoms with E-state index in [0.717, 1.165) is 38.8 Å². The summed E-state index contributed by atoms with van der Waals surface area (Å²) in [5.41, 5.74) is -0.00607. The molecule has 0 aromatic carbocycles. The Morgan fingerprint density at radius 3 is 2.46 bits per heavy atom. The molecule has 2 aliphatic rings. The Balaban J connectivity index is 1.48. The Morgan fingerprint density at radius 2 is 1.88 bits per heavy atom. The van der Waals surface area contributed by atoms with E-state index >= 15 is 0 Å². The first-order valence-electron chi connectivity index (χ1n) is 8.79. The zero-order chi connectivity index (χ0) is 16.9. The maximum Gasteiger partial charge on any atom is 0.287 e. The molecule has 24 heavy (non-hydrogen) atoms. The van der Waals surface area contributed by atoms with Crippen LogP contribution in [0.4, 0.5) is 11.5 Å².